The molecular weight excluding hydrogens is 537 g/mol. The number of methoxy groups -OCH3 is 1. The molecule has 3 aromatic carbocycles. The number of hydrogen-bond donors (Lipinski definition) is 1. The highest BCUT2D eigenvalue weighted by Gasteiger charge is 2.36. The van der Waals surface area contributed by atoms with Crippen LogP contribution in [0.4, 0.5) is 11.4 Å². The second kappa shape index (κ2) is 10.9. The molecule has 0 radical (unpaired) electrons. The lowest BCUT2D eigenvalue weighted by Gasteiger charge is -2.32. The Morgan fingerprint density at radius 1 is 1.08 bits per heavy atom. The van der Waals surface area contributed by atoms with E-state index in [0.29, 0.717) is 43.8 Å². The first kappa shape index (κ1) is 25.3. The second-order valence-electron chi connectivity index (χ2n) is 8.22. The van der Waals surface area contributed by atoms with E-state index in [-0.39, 0.29) is 31.6 Å². The van der Waals surface area contributed by atoms with Gasteiger partial charge in [-0.3, -0.25) is 14.5 Å². The molecule has 0 bridgehead atoms. The first-order chi connectivity index (χ1) is 17.9. The van der Waals surface area contributed by atoms with Crippen molar-refractivity contribution in [2.75, 3.05) is 19.2 Å². The summed E-state index contributed by atoms with van der Waals surface area (Å²) >= 11 is 13.3. The van der Waals surface area contributed by atoms with Gasteiger partial charge in [0.1, 0.15) is 11.0 Å². The van der Waals surface area contributed by atoms with Gasteiger partial charge < -0.3 is 19.5 Å². The van der Waals surface area contributed by atoms with Crippen LogP contribution in [0.1, 0.15) is 12.0 Å². The van der Waals surface area contributed by atoms with Crippen LogP contribution in [-0.2, 0) is 16.1 Å². The van der Waals surface area contributed by atoms with Crippen molar-refractivity contribution in [3.63, 3.8) is 0 Å². The predicted octanol–water partition coefficient (Wildman–Crippen LogP) is 5.89. The maximum absolute atomic E-state index is 13.3. The standard InChI is InChI=1S/C26H21Cl2N3O5S/c1-34-20-5-3-18(4-6-20)30-26-31(13-15-2-7-21-22(8-15)36-14-35-21)24(32)12-23(37-26)25(33)29-19-10-16(27)9-17(28)11-19/h2-11,23H,12-14H2,1H3,(H,29,33). The van der Waals surface area contributed by atoms with Crippen molar-refractivity contribution < 1.29 is 23.8 Å². The van der Waals surface area contributed by atoms with Crippen molar-refractivity contribution in [3.8, 4) is 17.2 Å². The van der Waals surface area contributed by atoms with Gasteiger partial charge in [-0.2, -0.15) is 0 Å². The Balaban J connectivity index is 1.41. The number of nitrogens with one attached hydrogen (secondary N) is 1. The summed E-state index contributed by atoms with van der Waals surface area (Å²) in [4.78, 5) is 32.8. The van der Waals surface area contributed by atoms with Gasteiger partial charge in [-0.05, 0) is 60.2 Å². The molecule has 2 aliphatic heterocycles. The van der Waals surface area contributed by atoms with Crippen molar-refractivity contribution in [2.45, 2.75) is 18.2 Å². The maximum atomic E-state index is 13.3. The Hall–Kier alpha value is -3.40. The fourth-order valence-corrected chi connectivity index (χ4v) is 5.46. The molecule has 1 saturated heterocycles. The summed E-state index contributed by atoms with van der Waals surface area (Å²) in [6, 6.07) is 17.4. The number of hydrogen-bond acceptors (Lipinski definition) is 7. The third kappa shape index (κ3) is 5.95. The minimum absolute atomic E-state index is 0.00299. The number of aliphatic imine (C=N–C) groups is 1. The van der Waals surface area contributed by atoms with Crippen molar-refractivity contribution in [1.82, 2.24) is 4.90 Å². The number of halogens is 2. The molecule has 1 N–H and O–H groups in total. The molecule has 5 rings (SSSR count). The molecule has 190 valence electrons. The lowest BCUT2D eigenvalue weighted by molar-refractivity contribution is -0.129. The third-order valence-corrected chi connectivity index (χ3v) is 7.26. The van der Waals surface area contributed by atoms with E-state index in [9.17, 15) is 9.59 Å². The summed E-state index contributed by atoms with van der Waals surface area (Å²) in [7, 11) is 1.58. The van der Waals surface area contributed by atoms with Gasteiger partial charge in [-0.1, -0.05) is 41.0 Å². The molecular formula is C26H21Cl2N3O5S. The van der Waals surface area contributed by atoms with Crippen LogP contribution in [0, 0.1) is 0 Å². The molecule has 0 saturated carbocycles. The molecule has 2 amide bonds. The highest BCUT2D eigenvalue weighted by atomic mass is 35.5. The predicted molar refractivity (Wildman–Crippen MR) is 144 cm³/mol. The molecule has 2 aliphatic rings. The molecule has 0 aliphatic carbocycles. The van der Waals surface area contributed by atoms with Gasteiger partial charge in [0.05, 0.1) is 19.3 Å². The molecule has 1 unspecified atom stereocenters. The van der Waals surface area contributed by atoms with Crippen LogP contribution in [0.3, 0.4) is 0 Å². The summed E-state index contributed by atoms with van der Waals surface area (Å²) in [6.45, 7) is 0.422. The molecule has 0 spiro atoms. The average Bonchev–Trinajstić information content (AvgIpc) is 3.34. The van der Waals surface area contributed by atoms with Crippen LogP contribution >= 0.6 is 35.0 Å². The zero-order chi connectivity index (χ0) is 25.9. The zero-order valence-corrected chi connectivity index (χ0v) is 21.9. The van der Waals surface area contributed by atoms with E-state index in [2.05, 4.69) is 5.32 Å². The van der Waals surface area contributed by atoms with Gasteiger partial charge in [0.15, 0.2) is 16.7 Å². The average molecular weight is 558 g/mol. The number of ether oxygens (including phenoxy) is 3. The van der Waals surface area contributed by atoms with Crippen LogP contribution in [0.2, 0.25) is 10.0 Å². The van der Waals surface area contributed by atoms with Gasteiger partial charge in [0, 0.05) is 22.2 Å². The number of rotatable bonds is 6. The Bertz CT molecular complexity index is 1360. The van der Waals surface area contributed by atoms with Gasteiger partial charge in [-0.25, -0.2) is 4.99 Å². The fourth-order valence-electron chi connectivity index (χ4n) is 3.83. The van der Waals surface area contributed by atoms with E-state index in [1.54, 1.807) is 54.5 Å². The van der Waals surface area contributed by atoms with E-state index < -0.39 is 5.25 Å². The second-order valence-corrected chi connectivity index (χ2v) is 10.3. The SMILES string of the molecule is COc1ccc(N=C2SC(C(=O)Nc3cc(Cl)cc(Cl)c3)CC(=O)N2Cc2ccc3c(c2)OCO3)cc1. The third-order valence-electron chi connectivity index (χ3n) is 5.64. The van der Waals surface area contributed by atoms with Gasteiger partial charge in [0.2, 0.25) is 18.6 Å². The lowest BCUT2D eigenvalue weighted by atomic mass is 10.1. The van der Waals surface area contributed by atoms with E-state index in [0.717, 1.165) is 5.56 Å². The van der Waals surface area contributed by atoms with Crippen LogP contribution in [0.5, 0.6) is 17.2 Å². The van der Waals surface area contributed by atoms with Crippen LogP contribution in [-0.4, -0.2) is 41.0 Å². The molecule has 11 heteroatoms. The van der Waals surface area contributed by atoms with Crippen LogP contribution in [0.25, 0.3) is 0 Å². The highest BCUT2D eigenvalue weighted by Crippen LogP contribution is 2.35. The normalized spacial score (nSPS) is 17.7. The summed E-state index contributed by atoms with van der Waals surface area (Å²) in [5, 5.41) is 3.30. The Labute approximate surface area is 227 Å². The molecule has 37 heavy (non-hydrogen) atoms. The number of carbonyl (C=O) groups is 2. The largest absolute Gasteiger partial charge is 0.497 e. The minimum Gasteiger partial charge on any atom is -0.497 e. The Kier molecular flexibility index (Phi) is 7.45. The Morgan fingerprint density at radius 3 is 2.54 bits per heavy atom. The first-order valence-corrected chi connectivity index (χ1v) is 12.9. The molecule has 3 aromatic rings. The van der Waals surface area contributed by atoms with Crippen molar-refractivity contribution in [3.05, 3.63) is 76.3 Å². The fraction of sp³-hybridized carbons (Fsp3) is 0.192. The summed E-state index contributed by atoms with van der Waals surface area (Å²) in [6.07, 6.45) is -0.00299. The van der Waals surface area contributed by atoms with E-state index in [1.807, 2.05) is 18.2 Å². The number of amides is 2. The number of amidine groups is 1. The van der Waals surface area contributed by atoms with Crippen molar-refractivity contribution >= 4 is 63.3 Å². The molecule has 1 atom stereocenters. The van der Waals surface area contributed by atoms with Gasteiger partial charge >= 0.3 is 0 Å². The van der Waals surface area contributed by atoms with Gasteiger partial charge in [-0.15, -0.1) is 0 Å². The highest BCUT2D eigenvalue weighted by molar-refractivity contribution is 8.15. The van der Waals surface area contributed by atoms with E-state index in [4.69, 9.17) is 42.4 Å². The Morgan fingerprint density at radius 2 is 1.81 bits per heavy atom. The smallest absolute Gasteiger partial charge is 0.238 e. The van der Waals surface area contributed by atoms with Crippen molar-refractivity contribution in [2.24, 2.45) is 4.99 Å². The van der Waals surface area contributed by atoms with Crippen molar-refractivity contribution in [1.29, 1.82) is 0 Å². The summed E-state index contributed by atoms with van der Waals surface area (Å²) in [5.74, 6) is 1.40. The van der Waals surface area contributed by atoms with E-state index in [1.165, 1.54) is 11.8 Å². The maximum Gasteiger partial charge on any atom is 0.238 e. The van der Waals surface area contributed by atoms with E-state index >= 15 is 0 Å². The number of benzene rings is 3. The van der Waals surface area contributed by atoms with Gasteiger partial charge in [0.25, 0.3) is 0 Å². The number of nitrogens with zero attached hydrogens (tertiary/aromatic N) is 2. The number of anilines is 1. The summed E-state index contributed by atoms with van der Waals surface area (Å²) < 4.78 is 16.1. The molecule has 1 fully saturated rings. The quantitative estimate of drug-likeness (QED) is 0.406. The number of carbonyl (C=O) groups excluding carboxylic acids is 2. The summed E-state index contributed by atoms with van der Waals surface area (Å²) in [5.41, 5.74) is 1.92. The molecule has 8 nitrogen and oxygen atoms in total. The number of fused-ring (bicyclic) bond motifs is 1. The number of thioether (sulfide) groups is 1. The topological polar surface area (TPSA) is 89.5 Å². The monoisotopic (exact) mass is 557 g/mol. The molecule has 2 heterocycles. The zero-order valence-electron chi connectivity index (χ0n) is 19.6. The minimum atomic E-state index is -0.699. The van der Waals surface area contributed by atoms with Crippen LogP contribution in [0.15, 0.2) is 65.7 Å². The molecule has 0 aromatic heterocycles. The van der Waals surface area contributed by atoms with Crippen LogP contribution < -0.4 is 19.5 Å². The first-order valence-electron chi connectivity index (χ1n) is 11.2. The lowest BCUT2D eigenvalue weighted by Crippen LogP contribution is -2.44.